The predicted octanol–water partition coefficient (Wildman–Crippen LogP) is 3.31. The summed E-state index contributed by atoms with van der Waals surface area (Å²) >= 11 is 5.46. The summed E-state index contributed by atoms with van der Waals surface area (Å²) in [4.78, 5) is 6.17. The fourth-order valence-electron chi connectivity index (χ4n) is 3.19. The fraction of sp³-hybridized carbons (Fsp3) is 0.211. The lowest BCUT2D eigenvalue weighted by atomic mass is 10.1. The number of nitrogens with zero attached hydrogens (tertiary/aromatic N) is 4. The Morgan fingerprint density at radius 2 is 2.19 bits per heavy atom. The smallest absolute Gasteiger partial charge is 0.213 e. The van der Waals surface area contributed by atoms with Crippen LogP contribution in [0.1, 0.15) is 11.6 Å². The molecule has 27 heavy (non-hydrogen) atoms. The second-order valence-electron chi connectivity index (χ2n) is 6.30. The molecule has 0 radical (unpaired) electrons. The van der Waals surface area contributed by atoms with Crippen LogP contribution in [0.5, 0.6) is 5.88 Å². The number of anilines is 1. The number of pyridine rings is 1. The summed E-state index contributed by atoms with van der Waals surface area (Å²) in [5.41, 5.74) is 2.13. The van der Waals surface area contributed by atoms with Crippen molar-refractivity contribution in [1.82, 2.24) is 14.5 Å². The number of nitrogens with one attached hydrogen (secondary N) is 1. The first-order chi connectivity index (χ1) is 13.1. The summed E-state index contributed by atoms with van der Waals surface area (Å²) in [6.07, 6.45) is 3.45. The molecule has 1 N–H and O–H groups in total. The van der Waals surface area contributed by atoms with Crippen molar-refractivity contribution in [2.75, 3.05) is 25.5 Å². The number of ether oxygens (including phenoxy) is 1. The summed E-state index contributed by atoms with van der Waals surface area (Å²) in [6.45, 7) is 1.42. The first-order valence-corrected chi connectivity index (χ1v) is 8.76. The molecular formula is C19H16FN5OS. The number of halogens is 1. The highest BCUT2D eigenvalue weighted by atomic mass is 32.1. The van der Waals surface area contributed by atoms with Crippen LogP contribution in [0.2, 0.25) is 0 Å². The van der Waals surface area contributed by atoms with E-state index < -0.39 is 0 Å². The highest BCUT2D eigenvalue weighted by molar-refractivity contribution is 7.80. The molecule has 3 aromatic rings. The molecule has 0 amide bonds. The van der Waals surface area contributed by atoms with Gasteiger partial charge in [-0.1, -0.05) is 0 Å². The Morgan fingerprint density at radius 1 is 1.37 bits per heavy atom. The molecule has 1 aliphatic heterocycles. The molecule has 8 heteroatoms. The zero-order valence-corrected chi connectivity index (χ0v) is 15.3. The average molecular weight is 381 g/mol. The second kappa shape index (κ2) is 6.85. The minimum atomic E-state index is -0.342. The summed E-state index contributed by atoms with van der Waals surface area (Å²) in [5, 5.41) is 13.7. The Bertz CT molecular complexity index is 1050. The molecule has 136 valence electrons. The lowest BCUT2D eigenvalue weighted by Gasteiger charge is -2.42. The molecule has 6 nitrogen and oxygen atoms in total. The minimum absolute atomic E-state index is 0.175. The van der Waals surface area contributed by atoms with Crippen molar-refractivity contribution < 1.29 is 9.13 Å². The number of thiocarbonyl (C=S) groups is 1. The van der Waals surface area contributed by atoms with E-state index in [1.807, 2.05) is 15.5 Å². The molecule has 2 aromatic heterocycles. The summed E-state index contributed by atoms with van der Waals surface area (Å²) < 4.78 is 20.6. The van der Waals surface area contributed by atoms with Gasteiger partial charge in [0.1, 0.15) is 11.9 Å². The second-order valence-corrected chi connectivity index (χ2v) is 6.69. The summed E-state index contributed by atoms with van der Waals surface area (Å²) in [6, 6.07) is 10.5. The molecule has 1 aromatic carbocycles. The van der Waals surface area contributed by atoms with Crippen molar-refractivity contribution in [3.05, 3.63) is 54.1 Å². The van der Waals surface area contributed by atoms with Crippen molar-refractivity contribution in [1.29, 1.82) is 5.26 Å². The molecule has 0 aliphatic carbocycles. The molecule has 3 heterocycles. The van der Waals surface area contributed by atoms with Crippen molar-refractivity contribution >= 4 is 33.9 Å². The van der Waals surface area contributed by atoms with Crippen molar-refractivity contribution in [3.63, 3.8) is 0 Å². The van der Waals surface area contributed by atoms with Crippen molar-refractivity contribution in [2.24, 2.45) is 0 Å². The van der Waals surface area contributed by atoms with Crippen molar-refractivity contribution in [3.8, 4) is 11.9 Å². The van der Waals surface area contributed by atoms with E-state index >= 15 is 0 Å². The van der Waals surface area contributed by atoms with Crippen LogP contribution in [0, 0.1) is 17.1 Å². The molecule has 1 saturated heterocycles. The van der Waals surface area contributed by atoms with Crippen LogP contribution >= 0.6 is 12.2 Å². The van der Waals surface area contributed by atoms with Gasteiger partial charge >= 0.3 is 0 Å². The zero-order valence-electron chi connectivity index (χ0n) is 14.5. The molecule has 0 bridgehead atoms. The van der Waals surface area contributed by atoms with Gasteiger partial charge in [-0.2, -0.15) is 5.26 Å². The standard InChI is InChI=1S/C19H16FN5OS/c1-26-18-5-3-14(8-22-18)23-19(27)24-10-15(11-24)25-9-12(7-21)16-6-13(20)2-4-17(16)25/h2-6,8-9,15H,10-11H2,1H3,(H,23,27). The molecule has 0 atom stereocenters. The lowest BCUT2D eigenvalue weighted by molar-refractivity contribution is 0.200. The number of hydrogen-bond donors (Lipinski definition) is 1. The van der Waals surface area contributed by atoms with Gasteiger partial charge in [-0.15, -0.1) is 0 Å². The Labute approximate surface area is 160 Å². The predicted molar refractivity (Wildman–Crippen MR) is 104 cm³/mol. The summed E-state index contributed by atoms with van der Waals surface area (Å²) in [7, 11) is 1.57. The lowest BCUT2D eigenvalue weighted by Crippen LogP contribution is -2.52. The highest BCUT2D eigenvalue weighted by Crippen LogP contribution is 2.30. The number of methoxy groups -OCH3 is 1. The molecule has 1 aliphatic rings. The van der Waals surface area contributed by atoms with Gasteiger partial charge in [-0.05, 0) is 36.5 Å². The van der Waals surface area contributed by atoms with Crippen molar-refractivity contribution in [2.45, 2.75) is 6.04 Å². The van der Waals surface area contributed by atoms with Gasteiger partial charge in [0.25, 0.3) is 0 Å². The molecule has 4 rings (SSSR count). The maximum Gasteiger partial charge on any atom is 0.213 e. The normalized spacial score (nSPS) is 13.9. The molecular weight excluding hydrogens is 365 g/mol. The molecule has 0 unspecified atom stereocenters. The molecule has 0 saturated carbocycles. The Morgan fingerprint density at radius 3 is 2.85 bits per heavy atom. The number of rotatable bonds is 3. The van der Waals surface area contributed by atoms with Crippen LogP contribution in [-0.2, 0) is 0 Å². The fourth-order valence-corrected chi connectivity index (χ4v) is 3.46. The first kappa shape index (κ1) is 17.2. The van der Waals surface area contributed by atoms with Gasteiger partial charge in [0, 0.05) is 36.3 Å². The van der Waals surface area contributed by atoms with Crippen LogP contribution in [-0.4, -0.2) is 39.8 Å². The third-order valence-electron chi connectivity index (χ3n) is 4.66. The van der Waals surface area contributed by atoms with Gasteiger partial charge in [-0.3, -0.25) is 0 Å². The minimum Gasteiger partial charge on any atom is -0.481 e. The van der Waals surface area contributed by atoms with Crippen LogP contribution in [0.3, 0.4) is 0 Å². The largest absolute Gasteiger partial charge is 0.481 e. The number of benzene rings is 1. The van der Waals surface area contributed by atoms with E-state index in [-0.39, 0.29) is 11.9 Å². The maximum atomic E-state index is 13.5. The van der Waals surface area contributed by atoms with Gasteiger partial charge in [0.15, 0.2) is 5.11 Å². The van der Waals surface area contributed by atoms with E-state index in [9.17, 15) is 9.65 Å². The SMILES string of the molecule is COc1ccc(NC(=S)N2CC(n3cc(C#N)c4cc(F)ccc43)C2)cn1. The first-order valence-electron chi connectivity index (χ1n) is 8.35. The number of fused-ring (bicyclic) bond motifs is 1. The number of hydrogen-bond acceptors (Lipinski definition) is 4. The monoisotopic (exact) mass is 381 g/mol. The topological polar surface area (TPSA) is 66.1 Å². The number of aromatic nitrogens is 2. The van der Waals surface area contributed by atoms with E-state index in [2.05, 4.69) is 16.4 Å². The van der Waals surface area contributed by atoms with E-state index in [1.165, 1.54) is 12.1 Å². The Balaban J connectivity index is 1.45. The maximum absolute atomic E-state index is 13.5. The Hall–Kier alpha value is -3.18. The van der Waals surface area contributed by atoms with E-state index in [0.29, 0.717) is 35.0 Å². The van der Waals surface area contributed by atoms with E-state index in [0.717, 1.165) is 11.2 Å². The van der Waals surface area contributed by atoms with Crippen LogP contribution in [0.25, 0.3) is 10.9 Å². The van der Waals surface area contributed by atoms with Gasteiger partial charge < -0.3 is 19.5 Å². The summed E-state index contributed by atoms with van der Waals surface area (Å²) in [5.74, 6) is 0.199. The van der Waals surface area contributed by atoms with E-state index in [1.54, 1.807) is 31.6 Å². The molecule has 0 spiro atoms. The van der Waals surface area contributed by atoms with Gasteiger partial charge in [-0.25, -0.2) is 9.37 Å². The molecule has 1 fully saturated rings. The average Bonchev–Trinajstić information content (AvgIpc) is 2.98. The van der Waals surface area contributed by atoms with Crippen LogP contribution < -0.4 is 10.1 Å². The van der Waals surface area contributed by atoms with Gasteiger partial charge in [0.05, 0.1) is 30.6 Å². The third kappa shape index (κ3) is 3.17. The highest BCUT2D eigenvalue weighted by Gasteiger charge is 2.31. The third-order valence-corrected chi connectivity index (χ3v) is 5.02. The Kier molecular flexibility index (Phi) is 4.38. The number of likely N-dealkylation sites (tertiary alicyclic amines) is 1. The van der Waals surface area contributed by atoms with Crippen LogP contribution in [0.4, 0.5) is 10.1 Å². The van der Waals surface area contributed by atoms with E-state index in [4.69, 9.17) is 17.0 Å². The van der Waals surface area contributed by atoms with Crippen LogP contribution in [0.15, 0.2) is 42.7 Å². The number of nitriles is 1. The quantitative estimate of drug-likeness (QED) is 0.702. The zero-order chi connectivity index (χ0) is 19.0. The van der Waals surface area contributed by atoms with Gasteiger partial charge in [0.2, 0.25) is 5.88 Å².